The maximum absolute atomic E-state index is 13.6. The predicted molar refractivity (Wildman–Crippen MR) is 73.4 cm³/mol. The molecule has 104 valence electrons. The summed E-state index contributed by atoms with van der Waals surface area (Å²) < 4.78 is 26.6. The number of aryl methyl sites for hydroxylation is 1. The van der Waals surface area contributed by atoms with Gasteiger partial charge in [0, 0.05) is 12.1 Å². The maximum atomic E-state index is 13.6. The van der Waals surface area contributed by atoms with Gasteiger partial charge in [-0.1, -0.05) is 6.07 Å². The van der Waals surface area contributed by atoms with Gasteiger partial charge in [0.1, 0.15) is 11.6 Å². The fraction of sp³-hybridized carbons (Fsp3) is 0.133. The van der Waals surface area contributed by atoms with Crippen LogP contribution in [0.25, 0.3) is 0 Å². The van der Waals surface area contributed by atoms with Crippen molar-refractivity contribution in [2.45, 2.75) is 13.5 Å². The maximum Gasteiger partial charge on any atom is 0.248 e. The van der Waals surface area contributed by atoms with Gasteiger partial charge in [-0.25, -0.2) is 8.78 Å². The van der Waals surface area contributed by atoms with E-state index in [4.69, 9.17) is 5.73 Å². The lowest BCUT2D eigenvalue weighted by molar-refractivity contribution is 0.100. The van der Waals surface area contributed by atoms with Crippen molar-refractivity contribution in [1.82, 2.24) is 0 Å². The number of carbonyl (C=O) groups is 1. The van der Waals surface area contributed by atoms with E-state index < -0.39 is 11.7 Å². The summed E-state index contributed by atoms with van der Waals surface area (Å²) in [7, 11) is 0. The van der Waals surface area contributed by atoms with E-state index in [0.717, 1.165) is 11.1 Å². The molecule has 0 aliphatic carbocycles. The van der Waals surface area contributed by atoms with Crippen molar-refractivity contribution in [2.75, 3.05) is 5.32 Å². The fourth-order valence-corrected chi connectivity index (χ4v) is 1.86. The highest BCUT2D eigenvalue weighted by Crippen LogP contribution is 2.18. The molecule has 0 spiro atoms. The number of rotatable bonds is 4. The Kier molecular flexibility index (Phi) is 3.98. The van der Waals surface area contributed by atoms with E-state index in [9.17, 15) is 13.6 Å². The van der Waals surface area contributed by atoms with Gasteiger partial charge in [0.15, 0.2) is 0 Å². The van der Waals surface area contributed by atoms with Crippen LogP contribution >= 0.6 is 0 Å². The molecule has 3 nitrogen and oxygen atoms in total. The van der Waals surface area contributed by atoms with Crippen LogP contribution in [-0.2, 0) is 6.54 Å². The average molecular weight is 276 g/mol. The molecule has 20 heavy (non-hydrogen) atoms. The Hall–Kier alpha value is -2.43. The first-order chi connectivity index (χ1) is 9.47. The minimum Gasteiger partial charge on any atom is -0.379 e. The van der Waals surface area contributed by atoms with Crippen LogP contribution < -0.4 is 11.1 Å². The van der Waals surface area contributed by atoms with E-state index in [2.05, 4.69) is 5.32 Å². The summed E-state index contributed by atoms with van der Waals surface area (Å²) in [6, 6.07) is 8.25. The molecule has 0 aliphatic rings. The average Bonchev–Trinajstić information content (AvgIpc) is 2.39. The van der Waals surface area contributed by atoms with E-state index in [1.165, 1.54) is 30.3 Å². The summed E-state index contributed by atoms with van der Waals surface area (Å²) in [5.41, 5.74) is 7.17. The number of benzene rings is 2. The van der Waals surface area contributed by atoms with Gasteiger partial charge in [-0.2, -0.15) is 0 Å². The molecule has 0 aromatic heterocycles. The molecule has 2 aromatic rings. The number of carbonyl (C=O) groups excluding carboxylic acids is 1. The molecule has 2 rings (SSSR count). The SMILES string of the molecule is Cc1cc(F)ccc1CNc1cc(C(N)=O)ccc1F. The highest BCUT2D eigenvalue weighted by atomic mass is 19.1. The van der Waals surface area contributed by atoms with Gasteiger partial charge in [0.2, 0.25) is 5.91 Å². The summed E-state index contributed by atoms with van der Waals surface area (Å²) >= 11 is 0. The Morgan fingerprint density at radius 2 is 1.95 bits per heavy atom. The number of halogens is 2. The molecule has 0 radical (unpaired) electrons. The third kappa shape index (κ3) is 3.12. The van der Waals surface area contributed by atoms with Gasteiger partial charge in [-0.15, -0.1) is 0 Å². The van der Waals surface area contributed by atoms with Crippen LogP contribution in [0, 0.1) is 18.6 Å². The van der Waals surface area contributed by atoms with E-state index in [1.54, 1.807) is 13.0 Å². The summed E-state index contributed by atoms with van der Waals surface area (Å²) in [5, 5.41) is 2.88. The topological polar surface area (TPSA) is 55.1 Å². The van der Waals surface area contributed by atoms with Crippen molar-refractivity contribution in [3.8, 4) is 0 Å². The number of hydrogen-bond acceptors (Lipinski definition) is 2. The molecule has 0 bridgehead atoms. The van der Waals surface area contributed by atoms with Gasteiger partial charge in [-0.05, 0) is 48.4 Å². The molecule has 0 unspecified atom stereocenters. The number of anilines is 1. The molecular formula is C15H14F2N2O. The third-order valence-electron chi connectivity index (χ3n) is 3.02. The Morgan fingerprint density at radius 1 is 1.20 bits per heavy atom. The minimum atomic E-state index is -0.619. The van der Waals surface area contributed by atoms with Gasteiger partial charge in [0.25, 0.3) is 0 Å². The lowest BCUT2D eigenvalue weighted by Gasteiger charge is -2.11. The van der Waals surface area contributed by atoms with Crippen LogP contribution in [0.4, 0.5) is 14.5 Å². The zero-order valence-corrected chi connectivity index (χ0v) is 10.9. The quantitative estimate of drug-likeness (QED) is 0.902. The van der Waals surface area contributed by atoms with E-state index in [1.807, 2.05) is 0 Å². The molecule has 0 heterocycles. The van der Waals surface area contributed by atoms with E-state index >= 15 is 0 Å². The van der Waals surface area contributed by atoms with Crippen molar-refractivity contribution in [1.29, 1.82) is 0 Å². The lowest BCUT2D eigenvalue weighted by Crippen LogP contribution is -2.12. The molecule has 0 saturated carbocycles. The highest BCUT2D eigenvalue weighted by Gasteiger charge is 2.07. The number of nitrogens with one attached hydrogen (secondary N) is 1. The molecule has 0 aliphatic heterocycles. The number of primary amides is 1. The summed E-state index contributed by atoms with van der Waals surface area (Å²) in [5.74, 6) is -1.41. The summed E-state index contributed by atoms with van der Waals surface area (Å²) in [6.45, 7) is 2.10. The zero-order valence-electron chi connectivity index (χ0n) is 10.9. The monoisotopic (exact) mass is 276 g/mol. The van der Waals surface area contributed by atoms with E-state index in [-0.39, 0.29) is 17.1 Å². The highest BCUT2D eigenvalue weighted by molar-refractivity contribution is 5.93. The molecule has 0 saturated heterocycles. The Labute approximate surface area is 115 Å². The first-order valence-electron chi connectivity index (χ1n) is 6.05. The second kappa shape index (κ2) is 5.69. The third-order valence-corrected chi connectivity index (χ3v) is 3.02. The van der Waals surface area contributed by atoms with Gasteiger partial charge in [-0.3, -0.25) is 4.79 Å². The van der Waals surface area contributed by atoms with Crippen LogP contribution in [0.5, 0.6) is 0 Å². The van der Waals surface area contributed by atoms with Crippen molar-refractivity contribution >= 4 is 11.6 Å². The first kappa shape index (κ1) is 14.0. The fourth-order valence-electron chi connectivity index (χ4n) is 1.86. The molecule has 0 fully saturated rings. The summed E-state index contributed by atoms with van der Waals surface area (Å²) in [4.78, 5) is 11.1. The molecule has 1 amide bonds. The Balaban J connectivity index is 2.18. The molecular weight excluding hydrogens is 262 g/mol. The van der Waals surface area contributed by atoms with Crippen LogP contribution in [0.15, 0.2) is 36.4 Å². The van der Waals surface area contributed by atoms with Crippen molar-refractivity contribution < 1.29 is 13.6 Å². The van der Waals surface area contributed by atoms with Crippen LogP contribution in [-0.4, -0.2) is 5.91 Å². The number of nitrogens with two attached hydrogens (primary N) is 1. The second-order valence-electron chi connectivity index (χ2n) is 4.48. The van der Waals surface area contributed by atoms with Gasteiger partial charge in [0.05, 0.1) is 5.69 Å². The first-order valence-corrected chi connectivity index (χ1v) is 6.05. The lowest BCUT2D eigenvalue weighted by atomic mass is 10.1. The summed E-state index contributed by atoms with van der Waals surface area (Å²) in [6.07, 6.45) is 0. The van der Waals surface area contributed by atoms with Crippen LogP contribution in [0.1, 0.15) is 21.5 Å². The van der Waals surface area contributed by atoms with Crippen molar-refractivity contribution in [3.05, 3.63) is 64.7 Å². The van der Waals surface area contributed by atoms with Gasteiger partial charge >= 0.3 is 0 Å². The van der Waals surface area contributed by atoms with Crippen LogP contribution in [0.3, 0.4) is 0 Å². The Morgan fingerprint density at radius 3 is 2.60 bits per heavy atom. The minimum absolute atomic E-state index is 0.185. The smallest absolute Gasteiger partial charge is 0.248 e. The zero-order chi connectivity index (χ0) is 14.7. The van der Waals surface area contributed by atoms with Gasteiger partial charge < -0.3 is 11.1 Å². The van der Waals surface area contributed by atoms with E-state index in [0.29, 0.717) is 6.54 Å². The number of hydrogen-bond donors (Lipinski definition) is 2. The second-order valence-corrected chi connectivity index (χ2v) is 4.48. The largest absolute Gasteiger partial charge is 0.379 e. The molecule has 0 atom stereocenters. The standard InChI is InChI=1S/C15H14F2N2O/c1-9-6-12(16)4-2-11(9)8-19-14-7-10(15(18)20)3-5-13(14)17/h2-7,19H,8H2,1H3,(H2,18,20). The van der Waals surface area contributed by atoms with Crippen molar-refractivity contribution in [3.63, 3.8) is 0 Å². The van der Waals surface area contributed by atoms with Crippen molar-refractivity contribution in [2.24, 2.45) is 5.73 Å². The molecule has 2 aromatic carbocycles. The predicted octanol–water partition coefficient (Wildman–Crippen LogP) is 2.98. The molecule has 5 heteroatoms. The van der Waals surface area contributed by atoms with Crippen LogP contribution in [0.2, 0.25) is 0 Å². The normalized spacial score (nSPS) is 10.3. The Bertz CT molecular complexity index is 656. The molecule has 3 N–H and O–H groups in total. The number of amides is 1.